The first-order valence-electron chi connectivity index (χ1n) is 9.11. The van der Waals surface area contributed by atoms with Crippen LogP contribution in [0.5, 0.6) is 0 Å². The summed E-state index contributed by atoms with van der Waals surface area (Å²) < 4.78 is 0. The standard InChI is InChI=1S/C18H31N5OS.HI/c1-4-19-18(20-10-9-17(24)22(2)3)21-14-15(16-8-7-13-25-16)23-11-5-6-12-23;/h7-8,13,15H,4-6,9-12,14H2,1-3H3,(H2,19,20,21);1H. The van der Waals surface area contributed by atoms with Crippen molar-refractivity contribution in [2.45, 2.75) is 32.2 Å². The summed E-state index contributed by atoms with van der Waals surface area (Å²) in [5.74, 6) is 0.909. The number of carbonyl (C=O) groups excluding carboxylic acids is 1. The Morgan fingerprint density at radius 1 is 1.35 bits per heavy atom. The fraction of sp³-hybridized carbons (Fsp3) is 0.667. The zero-order valence-corrected chi connectivity index (χ0v) is 19.2. The summed E-state index contributed by atoms with van der Waals surface area (Å²) in [6.45, 7) is 6.49. The third kappa shape index (κ3) is 7.40. The molecule has 1 aromatic rings. The summed E-state index contributed by atoms with van der Waals surface area (Å²) in [7, 11) is 3.56. The lowest BCUT2D eigenvalue weighted by Gasteiger charge is -2.25. The van der Waals surface area contributed by atoms with Gasteiger partial charge in [-0.2, -0.15) is 0 Å². The van der Waals surface area contributed by atoms with Gasteiger partial charge in [0.15, 0.2) is 5.96 Å². The van der Waals surface area contributed by atoms with Gasteiger partial charge >= 0.3 is 0 Å². The van der Waals surface area contributed by atoms with Crippen LogP contribution < -0.4 is 10.6 Å². The predicted octanol–water partition coefficient (Wildman–Crippen LogP) is 2.54. The Kier molecular flexibility index (Phi) is 11.1. The highest BCUT2D eigenvalue weighted by Crippen LogP contribution is 2.28. The van der Waals surface area contributed by atoms with Gasteiger partial charge in [-0.25, -0.2) is 0 Å². The number of hydrogen-bond donors (Lipinski definition) is 2. The smallest absolute Gasteiger partial charge is 0.223 e. The highest BCUT2D eigenvalue weighted by atomic mass is 127. The van der Waals surface area contributed by atoms with E-state index in [2.05, 4.69) is 40.0 Å². The molecule has 0 spiro atoms. The Labute approximate surface area is 178 Å². The normalized spacial score (nSPS) is 16.0. The van der Waals surface area contributed by atoms with Crippen molar-refractivity contribution in [3.63, 3.8) is 0 Å². The first-order chi connectivity index (χ1) is 12.1. The Hall–Kier alpha value is -0.870. The lowest BCUT2D eigenvalue weighted by molar-refractivity contribution is -0.128. The molecule has 1 aromatic heterocycles. The number of amides is 1. The zero-order chi connectivity index (χ0) is 18.1. The molecule has 0 saturated carbocycles. The van der Waals surface area contributed by atoms with Gasteiger partial charge in [-0.15, -0.1) is 35.3 Å². The van der Waals surface area contributed by atoms with Crippen molar-refractivity contribution in [1.82, 2.24) is 20.4 Å². The summed E-state index contributed by atoms with van der Waals surface area (Å²) in [5.41, 5.74) is 0. The molecule has 1 aliphatic rings. The van der Waals surface area contributed by atoms with Gasteiger partial charge in [-0.05, 0) is 44.3 Å². The van der Waals surface area contributed by atoms with E-state index in [-0.39, 0.29) is 29.9 Å². The number of nitrogens with zero attached hydrogens (tertiary/aromatic N) is 3. The van der Waals surface area contributed by atoms with Crippen molar-refractivity contribution < 1.29 is 4.79 Å². The summed E-state index contributed by atoms with van der Waals surface area (Å²) in [6.07, 6.45) is 3.02. The molecule has 2 N–H and O–H groups in total. The van der Waals surface area contributed by atoms with Crippen LogP contribution in [0.3, 0.4) is 0 Å². The Bertz CT molecular complexity index is 544. The van der Waals surface area contributed by atoms with Crippen LogP contribution >= 0.6 is 35.3 Å². The van der Waals surface area contributed by atoms with Crippen LogP contribution in [0.15, 0.2) is 22.5 Å². The molecule has 0 aliphatic carbocycles. The SMILES string of the molecule is CCNC(=NCC(c1cccs1)N1CCCC1)NCCC(=O)N(C)C.I. The molecule has 1 aliphatic heterocycles. The molecular weight excluding hydrogens is 461 g/mol. The Balaban J connectivity index is 0.00000338. The number of halogens is 1. The quantitative estimate of drug-likeness (QED) is 0.332. The number of nitrogens with one attached hydrogen (secondary N) is 2. The fourth-order valence-electron chi connectivity index (χ4n) is 2.95. The molecule has 2 heterocycles. The molecule has 1 amide bonds. The van der Waals surface area contributed by atoms with E-state index in [4.69, 9.17) is 4.99 Å². The van der Waals surface area contributed by atoms with Gasteiger partial charge in [-0.3, -0.25) is 14.7 Å². The van der Waals surface area contributed by atoms with Crippen molar-refractivity contribution in [3.05, 3.63) is 22.4 Å². The third-order valence-corrected chi connectivity index (χ3v) is 5.32. The molecule has 6 nitrogen and oxygen atoms in total. The van der Waals surface area contributed by atoms with Crippen LogP contribution in [-0.4, -0.2) is 68.5 Å². The first-order valence-corrected chi connectivity index (χ1v) is 9.99. The molecule has 8 heteroatoms. The van der Waals surface area contributed by atoms with Gasteiger partial charge in [0.1, 0.15) is 0 Å². The molecule has 0 aromatic carbocycles. The molecule has 148 valence electrons. The Morgan fingerprint density at radius 3 is 2.65 bits per heavy atom. The molecule has 26 heavy (non-hydrogen) atoms. The van der Waals surface area contributed by atoms with Crippen LogP contribution in [0.2, 0.25) is 0 Å². The average molecular weight is 493 g/mol. The van der Waals surface area contributed by atoms with Crippen LogP contribution in [0.1, 0.15) is 37.1 Å². The van der Waals surface area contributed by atoms with Gasteiger partial charge in [-0.1, -0.05) is 6.07 Å². The minimum atomic E-state index is 0. The summed E-state index contributed by atoms with van der Waals surface area (Å²) >= 11 is 1.81. The van der Waals surface area contributed by atoms with E-state index in [0.29, 0.717) is 19.0 Å². The highest BCUT2D eigenvalue weighted by Gasteiger charge is 2.24. The van der Waals surface area contributed by atoms with Crippen LogP contribution in [0.25, 0.3) is 0 Å². The van der Waals surface area contributed by atoms with E-state index in [1.165, 1.54) is 17.7 Å². The number of carbonyl (C=O) groups is 1. The Morgan fingerprint density at radius 2 is 2.08 bits per heavy atom. The van der Waals surface area contributed by atoms with Crippen molar-refractivity contribution >= 4 is 47.2 Å². The first kappa shape index (κ1) is 23.2. The van der Waals surface area contributed by atoms with Crippen molar-refractivity contribution in [2.24, 2.45) is 4.99 Å². The number of rotatable bonds is 8. The van der Waals surface area contributed by atoms with E-state index >= 15 is 0 Å². The summed E-state index contributed by atoms with van der Waals surface area (Å²) in [4.78, 5) is 22.0. The van der Waals surface area contributed by atoms with Gasteiger partial charge < -0.3 is 15.5 Å². The van der Waals surface area contributed by atoms with Gasteiger partial charge in [0.2, 0.25) is 5.91 Å². The second-order valence-corrected chi connectivity index (χ2v) is 7.44. The largest absolute Gasteiger partial charge is 0.357 e. The zero-order valence-electron chi connectivity index (χ0n) is 16.0. The second-order valence-electron chi connectivity index (χ2n) is 6.46. The third-order valence-electron chi connectivity index (χ3n) is 4.35. The van der Waals surface area contributed by atoms with Crippen LogP contribution in [0, 0.1) is 0 Å². The van der Waals surface area contributed by atoms with Crippen molar-refractivity contribution in [3.8, 4) is 0 Å². The second kappa shape index (κ2) is 12.5. The molecule has 1 fully saturated rings. The maximum Gasteiger partial charge on any atom is 0.223 e. The van der Waals surface area contributed by atoms with E-state index in [9.17, 15) is 4.79 Å². The maximum atomic E-state index is 11.7. The van der Waals surface area contributed by atoms with E-state index < -0.39 is 0 Å². The van der Waals surface area contributed by atoms with Crippen molar-refractivity contribution in [1.29, 1.82) is 0 Å². The van der Waals surface area contributed by atoms with Crippen LogP contribution in [0.4, 0.5) is 0 Å². The van der Waals surface area contributed by atoms with Crippen molar-refractivity contribution in [2.75, 3.05) is 46.8 Å². The lowest BCUT2D eigenvalue weighted by atomic mass is 10.2. The topological polar surface area (TPSA) is 60.0 Å². The van der Waals surface area contributed by atoms with E-state index in [1.807, 2.05) is 0 Å². The number of guanidine groups is 1. The van der Waals surface area contributed by atoms with Crippen LogP contribution in [-0.2, 0) is 4.79 Å². The number of thiophene rings is 1. The fourth-order valence-corrected chi connectivity index (χ4v) is 3.80. The average Bonchev–Trinajstić information content (AvgIpc) is 3.29. The van der Waals surface area contributed by atoms with E-state index in [1.54, 1.807) is 30.3 Å². The molecule has 1 saturated heterocycles. The van der Waals surface area contributed by atoms with Gasteiger partial charge in [0, 0.05) is 38.5 Å². The minimum absolute atomic E-state index is 0. The van der Waals surface area contributed by atoms with Gasteiger partial charge in [0.05, 0.1) is 12.6 Å². The monoisotopic (exact) mass is 493 g/mol. The molecule has 2 rings (SSSR count). The molecule has 0 radical (unpaired) electrons. The molecule has 0 bridgehead atoms. The highest BCUT2D eigenvalue weighted by molar-refractivity contribution is 14.0. The number of aliphatic imine (C=N–C) groups is 1. The summed E-state index contributed by atoms with van der Waals surface area (Å²) in [5, 5.41) is 8.69. The molecule has 1 atom stereocenters. The van der Waals surface area contributed by atoms with Gasteiger partial charge in [0.25, 0.3) is 0 Å². The molecular formula is C18H32IN5OS. The summed E-state index contributed by atoms with van der Waals surface area (Å²) in [6, 6.07) is 4.67. The number of likely N-dealkylation sites (tertiary alicyclic amines) is 1. The van der Waals surface area contributed by atoms with E-state index in [0.717, 1.165) is 32.1 Å². The minimum Gasteiger partial charge on any atom is -0.357 e. The predicted molar refractivity (Wildman–Crippen MR) is 121 cm³/mol. The lowest BCUT2D eigenvalue weighted by Crippen LogP contribution is -2.40. The number of hydrogen-bond acceptors (Lipinski definition) is 4. The molecule has 1 unspecified atom stereocenters. The maximum absolute atomic E-state index is 11.7.